The summed E-state index contributed by atoms with van der Waals surface area (Å²) in [5.41, 5.74) is 1.81. The third kappa shape index (κ3) is 2.59. The van der Waals surface area contributed by atoms with Gasteiger partial charge in [-0.1, -0.05) is 35.9 Å². The first-order chi connectivity index (χ1) is 12.9. The monoisotopic (exact) mass is 366 g/mol. The third-order valence-corrected chi connectivity index (χ3v) is 5.31. The first kappa shape index (κ1) is 17.2. The molecule has 2 heterocycles. The molecule has 7 heteroatoms. The number of carbonyl (C=O) groups is 3. The molecule has 0 aliphatic carbocycles. The Balaban J connectivity index is 1.79. The molecule has 2 aliphatic rings. The van der Waals surface area contributed by atoms with Crippen LogP contribution < -0.4 is 10.2 Å². The summed E-state index contributed by atoms with van der Waals surface area (Å²) in [7, 11) is 0. The number of anilines is 1. The molecule has 2 amide bonds. The number of phenolic OH excluding ortho intramolecular Hbond substituents is 1. The molecule has 0 spiro atoms. The van der Waals surface area contributed by atoms with E-state index >= 15 is 0 Å². The predicted octanol–water partition coefficient (Wildman–Crippen LogP) is 1.60. The van der Waals surface area contributed by atoms with Crippen molar-refractivity contribution in [1.29, 1.82) is 0 Å². The molecule has 0 saturated carbocycles. The lowest BCUT2D eigenvalue weighted by Crippen LogP contribution is -2.43. The van der Waals surface area contributed by atoms with Crippen molar-refractivity contribution in [3.8, 4) is 5.75 Å². The highest BCUT2D eigenvalue weighted by Crippen LogP contribution is 2.46. The van der Waals surface area contributed by atoms with Crippen LogP contribution in [0, 0.1) is 18.8 Å². The van der Waals surface area contributed by atoms with Gasteiger partial charge in [0.15, 0.2) is 0 Å². The minimum Gasteiger partial charge on any atom is -0.508 e. The highest BCUT2D eigenvalue weighted by molar-refractivity contribution is 6.23. The van der Waals surface area contributed by atoms with Crippen molar-refractivity contribution in [1.82, 2.24) is 5.32 Å². The van der Waals surface area contributed by atoms with Crippen LogP contribution in [-0.2, 0) is 14.4 Å². The molecule has 3 N–H and O–H groups in total. The van der Waals surface area contributed by atoms with Gasteiger partial charge in [-0.3, -0.25) is 19.7 Å². The highest BCUT2D eigenvalue weighted by atomic mass is 16.4. The largest absolute Gasteiger partial charge is 0.508 e. The summed E-state index contributed by atoms with van der Waals surface area (Å²) in [5.74, 6) is -4.16. The average Bonchev–Trinajstić information content (AvgIpc) is 3.14. The van der Waals surface area contributed by atoms with Gasteiger partial charge in [-0.05, 0) is 25.1 Å². The van der Waals surface area contributed by atoms with Crippen molar-refractivity contribution in [3.63, 3.8) is 0 Å². The van der Waals surface area contributed by atoms with Gasteiger partial charge in [0, 0.05) is 11.6 Å². The number of carbonyl (C=O) groups excluding carboxylic acids is 2. The van der Waals surface area contributed by atoms with E-state index in [2.05, 4.69) is 5.32 Å². The minimum absolute atomic E-state index is 0.0474. The van der Waals surface area contributed by atoms with Crippen LogP contribution in [0.2, 0.25) is 0 Å². The second-order valence-corrected chi connectivity index (χ2v) is 6.92. The zero-order valence-corrected chi connectivity index (χ0v) is 14.5. The van der Waals surface area contributed by atoms with Crippen LogP contribution in [0.15, 0.2) is 48.5 Å². The first-order valence-electron chi connectivity index (χ1n) is 8.61. The molecule has 2 aliphatic heterocycles. The fourth-order valence-electron chi connectivity index (χ4n) is 4.02. The summed E-state index contributed by atoms with van der Waals surface area (Å²) >= 11 is 0. The summed E-state index contributed by atoms with van der Waals surface area (Å²) in [5, 5.41) is 22.6. The van der Waals surface area contributed by atoms with Crippen LogP contribution in [0.3, 0.4) is 0 Å². The van der Waals surface area contributed by atoms with Gasteiger partial charge in [0.1, 0.15) is 11.8 Å². The van der Waals surface area contributed by atoms with E-state index in [1.165, 1.54) is 6.07 Å². The molecule has 27 heavy (non-hydrogen) atoms. The van der Waals surface area contributed by atoms with Crippen molar-refractivity contribution in [3.05, 3.63) is 59.7 Å². The second-order valence-electron chi connectivity index (χ2n) is 6.92. The van der Waals surface area contributed by atoms with Gasteiger partial charge in [-0.2, -0.15) is 0 Å². The van der Waals surface area contributed by atoms with Gasteiger partial charge in [0.05, 0.1) is 17.5 Å². The maximum atomic E-state index is 13.1. The van der Waals surface area contributed by atoms with E-state index in [1.54, 1.807) is 42.5 Å². The molecule has 0 aromatic heterocycles. The molecule has 7 nitrogen and oxygen atoms in total. The van der Waals surface area contributed by atoms with Crippen LogP contribution >= 0.6 is 0 Å². The maximum Gasteiger partial charge on any atom is 0.321 e. The number of rotatable bonds is 3. The molecule has 2 aromatic rings. The SMILES string of the molecule is Cc1ccc(N2C(=O)C3C(C(=O)O)NC(c4ccccc4O)C3C2=O)cc1. The number of hydrogen-bond acceptors (Lipinski definition) is 5. The number of imide groups is 1. The Morgan fingerprint density at radius 1 is 1.00 bits per heavy atom. The molecule has 138 valence electrons. The molecule has 2 aromatic carbocycles. The van der Waals surface area contributed by atoms with Gasteiger partial charge in [-0.25, -0.2) is 4.90 Å². The van der Waals surface area contributed by atoms with Crippen LogP contribution in [0.1, 0.15) is 17.2 Å². The summed E-state index contributed by atoms with van der Waals surface area (Å²) in [6, 6.07) is 11.4. The lowest BCUT2D eigenvalue weighted by atomic mass is 9.86. The third-order valence-electron chi connectivity index (χ3n) is 5.31. The number of nitrogens with one attached hydrogen (secondary N) is 1. The van der Waals surface area contributed by atoms with E-state index in [9.17, 15) is 24.6 Å². The Morgan fingerprint density at radius 3 is 2.26 bits per heavy atom. The summed E-state index contributed by atoms with van der Waals surface area (Å²) < 4.78 is 0. The van der Waals surface area contributed by atoms with E-state index in [0.29, 0.717) is 11.3 Å². The number of aromatic hydroxyl groups is 1. The van der Waals surface area contributed by atoms with Crippen LogP contribution in [0.25, 0.3) is 0 Å². The van der Waals surface area contributed by atoms with Crippen molar-refractivity contribution in [2.24, 2.45) is 11.8 Å². The predicted molar refractivity (Wildman–Crippen MR) is 96.1 cm³/mol. The first-order valence-corrected chi connectivity index (χ1v) is 8.61. The number of benzene rings is 2. The second kappa shape index (κ2) is 6.21. The summed E-state index contributed by atoms with van der Waals surface area (Å²) in [6.45, 7) is 1.89. The Kier molecular flexibility index (Phi) is 3.96. The van der Waals surface area contributed by atoms with Crippen LogP contribution in [-0.4, -0.2) is 34.0 Å². The van der Waals surface area contributed by atoms with Crippen LogP contribution in [0.5, 0.6) is 5.75 Å². The zero-order valence-electron chi connectivity index (χ0n) is 14.5. The smallest absolute Gasteiger partial charge is 0.321 e. The highest BCUT2D eigenvalue weighted by Gasteiger charge is 2.61. The lowest BCUT2D eigenvalue weighted by molar-refractivity contribution is -0.142. The number of aliphatic carboxylic acids is 1. The number of hydrogen-bond donors (Lipinski definition) is 3. The molecular weight excluding hydrogens is 348 g/mol. The fraction of sp³-hybridized carbons (Fsp3) is 0.250. The zero-order chi connectivity index (χ0) is 19.3. The molecule has 4 rings (SSSR count). The minimum atomic E-state index is -1.20. The van der Waals surface area contributed by atoms with Gasteiger partial charge in [0.2, 0.25) is 11.8 Å². The van der Waals surface area contributed by atoms with E-state index in [4.69, 9.17) is 0 Å². The van der Waals surface area contributed by atoms with E-state index < -0.39 is 41.7 Å². The standard InChI is InChI=1S/C20H18N2O5/c1-10-6-8-11(9-7-10)22-18(24)14-15(19(22)25)17(20(26)27)21-16(14)12-4-2-3-5-13(12)23/h2-9,14-17,21,23H,1H3,(H,26,27). The van der Waals surface area contributed by atoms with E-state index in [0.717, 1.165) is 10.5 Å². The molecule has 4 atom stereocenters. The molecule has 4 unspecified atom stereocenters. The Labute approximate surface area is 155 Å². The molecule has 0 radical (unpaired) electrons. The molecule has 2 saturated heterocycles. The molecule has 0 bridgehead atoms. The summed E-state index contributed by atoms with van der Waals surface area (Å²) in [6.07, 6.45) is 0. The topological polar surface area (TPSA) is 107 Å². The molecular formula is C20H18N2O5. The van der Waals surface area contributed by atoms with Crippen molar-refractivity contribution in [2.75, 3.05) is 4.90 Å². The quantitative estimate of drug-likeness (QED) is 0.713. The average molecular weight is 366 g/mol. The van der Waals surface area contributed by atoms with Gasteiger partial charge < -0.3 is 10.2 Å². The van der Waals surface area contributed by atoms with Gasteiger partial charge in [-0.15, -0.1) is 0 Å². The fourth-order valence-corrected chi connectivity index (χ4v) is 4.02. The van der Waals surface area contributed by atoms with E-state index in [1.807, 2.05) is 6.92 Å². The Morgan fingerprint density at radius 2 is 1.63 bits per heavy atom. The van der Waals surface area contributed by atoms with Gasteiger partial charge >= 0.3 is 5.97 Å². The number of phenols is 1. The number of carboxylic acids is 1. The Bertz CT molecular complexity index is 940. The summed E-state index contributed by atoms with van der Waals surface area (Å²) in [4.78, 5) is 38.9. The number of para-hydroxylation sites is 1. The number of amides is 2. The number of fused-ring (bicyclic) bond motifs is 1. The van der Waals surface area contributed by atoms with Crippen molar-refractivity contribution < 1.29 is 24.6 Å². The maximum absolute atomic E-state index is 13.1. The van der Waals surface area contributed by atoms with Crippen molar-refractivity contribution in [2.45, 2.75) is 19.0 Å². The number of aryl methyl sites for hydroxylation is 1. The van der Waals surface area contributed by atoms with E-state index in [-0.39, 0.29) is 5.75 Å². The van der Waals surface area contributed by atoms with Gasteiger partial charge in [0.25, 0.3) is 0 Å². The Hall–Kier alpha value is -3.19. The number of carboxylic acid groups (broad SMARTS) is 1. The van der Waals surface area contributed by atoms with Crippen LogP contribution in [0.4, 0.5) is 5.69 Å². The lowest BCUT2D eigenvalue weighted by Gasteiger charge is -2.22. The van der Waals surface area contributed by atoms with Crippen molar-refractivity contribution >= 4 is 23.5 Å². The number of nitrogens with zero attached hydrogens (tertiary/aromatic N) is 1. The normalized spacial score (nSPS) is 27.1. The molecule has 2 fully saturated rings.